The molecule has 2 heterocycles. The molecule has 0 saturated heterocycles. The zero-order valence-electron chi connectivity index (χ0n) is 17.4. The summed E-state index contributed by atoms with van der Waals surface area (Å²) in [4.78, 5) is 27.0. The van der Waals surface area contributed by atoms with Crippen molar-refractivity contribution in [3.63, 3.8) is 0 Å². The van der Waals surface area contributed by atoms with Gasteiger partial charge in [-0.05, 0) is 24.8 Å². The van der Waals surface area contributed by atoms with Crippen molar-refractivity contribution < 1.29 is 9.59 Å². The number of nitrogens with one attached hydrogen (secondary N) is 1. The second-order valence-electron chi connectivity index (χ2n) is 9.05. The van der Waals surface area contributed by atoms with Crippen molar-refractivity contribution in [3.8, 4) is 6.07 Å². The minimum atomic E-state index is -1.50. The van der Waals surface area contributed by atoms with Crippen LogP contribution in [0.1, 0.15) is 37.8 Å². The van der Waals surface area contributed by atoms with Gasteiger partial charge in [0.1, 0.15) is 17.3 Å². The molecular formula is C22H25N5O2. The molecule has 0 fully saturated rings. The van der Waals surface area contributed by atoms with Gasteiger partial charge in [0.15, 0.2) is 5.78 Å². The van der Waals surface area contributed by atoms with Crippen molar-refractivity contribution in [2.75, 3.05) is 19.4 Å². The van der Waals surface area contributed by atoms with Crippen LogP contribution in [0.25, 0.3) is 0 Å². The average Bonchev–Trinajstić information content (AvgIpc) is 2.86. The van der Waals surface area contributed by atoms with Gasteiger partial charge in [-0.2, -0.15) is 5.26 Å². The van der Waals surface area contributed by atoms with E-state index in [0.29, 0.717) is 35.4 Å². The fraction of sp³-hybridized carbons (Fsp3) is 0.409. The highest BCUT2D eigenvalue weighted by molar-refractivity contribution is 6.19. The number of carbonyl (C=O) groups is 2. The number of rotatable bonds is 1. The van der Waals surface area contributed by atoms with Crippen LogP contribution < -0.4 is 11.1 Å². The zero-order valence-corrected chi connectivity index (χ0v) is 17.4. The van der Waals surface area contributed by atoms with Gasteiger partial charge in [0.05, 0.1) is 5.57 Å². The van der Waals surface area contributed by atoms with E-state index in [1.807, 2.05) is 53.1 Å². The van der Waals surface area contributed by atoms with Crippen LogP contribution >= 0.6 is 0 Å². The second kappa shape index (κ2) is 5.94. The molecule has 3 aliphatic rings. The lowest BCUT2D eigenvalue weighted by Gasteiger charge is -2.48. The van der Waals surface area contributed by atoms with E-state index in [1.54, 1.807) is 10.0 Å². The number of ketones is 1. The van der Waals surface area contributed by atoms with E-state index in [0.717, 1.165) is 5.56 Å². The summed E-state index contributed by atoms with van der Waals surface area (Å²) < 4.78 is 0. The zero-order chi connectivity index (χ0) is 21.3. The first kappa shape index (κ1) is 19.2. The van der Waals surface area contributed by atoms with Crippen molar-refractivity contribution in [1.82, 2.24) is 10.0 Å². The largest absolute Gasteiger partial charge is 0.383 e. The number of nitriles is 1. The van der Waals surface area contributed by atoms with Gasteiger partial charge >= 0.3 is 0 Å². The Kier molecular flexibility index (Phi) is 3.94. The number of hydrogen-bond acceptors (Lipinski definition) is 6. The van der Waals surface area contributed by atoms with Crippen LogP contribution in [0.4, 0.5) is 5.69 Å². The number of allylic oxidation sites excluding steroid dienone is 1. The third-order valence-electron chi connectivity index (χ3n) is 6.02. The summed E-state index contributed by atoms with van der Waals surface area (Å²) in [6, 6.07) is 7.77. The fourth-order valence-corrected chi connectivity index (χ4v) is 4.97. The maximum absolute atomic E-state index is 13.5. The molecule has 7 nitrogen and oxygen atoms in total. The normalized spacial score (nSPS) is 25.3. The van der Waals surface area contributed by atoms with E-state index in [-0.39, 0.29) is 22.6 Å². The molecule has 0 unspecified atom stereocenters. The molecule has 29 heavy (non-hydrogen) atoms. The lowest BCUT2D eigenvalue weighted by Crippen LogP contribution is -2.54. The molecule has 1 aromatic carbocycles. The summed E-state index contributed by atoms with van der Waals surface area (Å²) in [6.45, 7) is 5.98. The molecule has 1 atom stereocenters. The Labute approximate surface area is 170 Å². The quantitative estimate of drug-likeness (QED) is 0.762. The Balaban J connectivity index is 2.16. The number of fused-ring (bicyclic) bond motifs is 3. The lowest BCUT2D eigenvalue weighted by molar-refractivity contribution is -0.124. The maximum atomic E-state index is 13.5. The van der Waals surface area contributed by atoms with E-state index in [1.165, 1.54) is 0 Å². The van der Waals surface area contributed by atoms with Crippen molar-refractivity contribution in [2.45, 2.75) is 39.0 Å². The number of hydrogen-bond donors (Lipinski definition) is 2. The lowest BCUT2D eigenvalue weighted by atomic mass is 9.61. The van der Waals surface area contributed by atoms with Crippen LogP contribution in [0, 0.1) is 23.7 Å². The Morgan fingerprint density at radius 3 is 2.55 bits per heavy atom. The number of hydrazine groups is 1. The van der Waals surface area contributed by atoms with Gasteiger partial charge in [0.2, 0.25) is 5.91 Å². The summed E-state index contributed by atoms with van der Waals surface area (Å²) in [7, 11) is 3.62. The summed E-state index contributed by atoms with van der Waals surface area (Å²) >= 11 is 0. The van der Waals surface area contributed by atoms with Crippen LogP contribution in [-0.4, -0.2) is 35.8 Å². The number of nitrogens with two attached hydrogens (primary N) is 1. The monoisotopic (exact) mass is 391 g/mol. The van der Waals surface area contributed by atoms with Crippen LogP contribution in [0.15, 0.2) is 40.9 Å². The Hall–Kier alpha value is -3.11. The molecular weight excluding hydrogens is 366 g/mol. The summed E-state index contributed by atoms with van der Waals surface area (Å²) in [5, 5.41) is 16.5. The van der Waals surface area contributed by atoms with Gasteiger partial charge in [-0.15, -0.1) is 0 Å². The Morgan fingerprint density at radius 2 is 1.93 bits per heavy atom. The smallest absolute Gasteiger partial charge is 0.245 e. The standard InChI is InChI=1S/C22H25N5O2/c1-12-6-7-15-13(8-12)22(20(29)25-15)14(11-23)19(24)27(26(4)5)16-9-21(2,3)10-17(28)18(16)22/h6-8H,9-10,24H2,1-5H3,(H,25,29)/t22-/m1/s1. The predicted octanol–water partition coefficient (Wildman–Crippen LogP) is 2.31. The molecule has 4 rings (SSSR count). The topological polar surface area (TPSA) is 102 Å². The summed E-state index contributed by atoms with van der Waals surface area (Å²) in [5.41, 5.74) is 8.07. The van der Waals surface area contributed by atoms with Gasteiger partial charge < -0.3 is 11.1 Å². The molecule has 150 valence electrons. The number of anilines is 1. The first-order valence-corrected chi connectivity index (χ1v) is 9.61. The Bertz CT molecular complexity index is 1070. The molecule has 2 aliphatic heterocycles. The van der Waals surface area contributed by atoms with Crippen molar-refractivity contribution in [2.24, 2.45) is 11.1 Å². The van der Waals surface area contributed by atoms with Crippen LogP contribution in [0.2, 0.25) is 0 Å². The van der Waals surface area contributed by atoms with Crippen LogP contribution in [-0.2, 0) is 15.0 Å². The molecule has 0 saturated carbocycles. The number of amides is 1. The Morgan fingerprint density at radius 1 is 1.24 bits per heavy atom. The molecule has 0 bridgehead atoms. The molecule has 0 aromatic heterocycles. The molecule has 1 aliphatic carbocycles. The molecule has 7 heteroatoms. The van der Waals surface area contributed by atoms with Gasteiger partial charge in [-0.3, -0.25) is 14.6 Å². The molecule has 3 N–H and O–H groups in total. The van der Waals surface area contributed by atoms with Crippen molar-refractivity contribution in [3.05, 3.63) is 52.0 Å². The van der Waals surface area contributed by atoms with Gasteiger partial charge in [0, 0.05) is 43.0 Å². The van der Waals surface area contributed by atoms with Crippen LogP contribution in [0.3, 0.4) is 0 Å². The number of aryl methyl sites for hydroxylation is 1. The average molecular weight is 391 g/mol. The first-order chi connectivity index (χ1) is 13.5. The van der Waals surface area contributed by atoms with Gasteiger partial charge in [-0.25, -0.2) is 5.01 Å². The maximum Gasteiger partial charge on any atom is 0.245 e. The SMILES string of the molecule is Cc1ccc2c(c1)[C@@]1(C(=O)N2)C(C#N)=C(N)N(N(C)C)C2=C1C(=O)CC(C)(C)C2. The molecule has 1 spiro atoms. The fourth-order valence-electron chi connectivity index (χ4n) is 4.97. The third kappa shape index (κ3) is 2.39. The number of Topliss-reactive ketones (excluding diaryl/α,β-unsaturated/α-hetero) is 1. The number of nitrogens with zero attached hydrogens (tertiary/aromatic N) is 3. The van der Waals surface area contributed by atoms with E-state index in [9.17, 15) is 14.9 Å². The van der Waals surface area contributed by atoms with E-state index < -0.39 is 11.3 Å². The highest BCUT2D eigenvalue weighted by Gasteiger charge is 2.61. The summed E-state index contributed by atoms with van der Waals surface area (Å²) in [5.74, 6) is -0.323. The predicted molar refractivity (Wildman–Crippen MR) is 109 cm³/mol. The van der Waals surface area contributed by atoms with E-state index in [2.05, 4.69) is 11.4 Å². The molecule has 1 aromatic rings. The minimum absolute atomic E-state index is 0.0971. The highest BCUT2D eigenvalue weighted by Crippen LogP contribution is 2.56. The second-order valence-corrected chi connectivity index (χ2v) is 9.05. The molecule has 1 amide bonds. The van der Waals surface area contributed by atoms with E-state index >= 15 is 0 Å². The van der Waals surface area contributed by atoms with Crippen molar-refractivity contribution >= 4 is 17.4 Å². The number of carbonyl (C=O) groups excluding carboxylic acids is 2. The van der Waals surface area contributed by atoms with Crippen molar-refractivity contribution in [1.29, 1.82) is 5.26 Å². The van der Waals surface area contributed by atoms with Gasteiger partial charge in [0.25, 0.3) is 0 Å². The summed E-state index contributed by atoms with van der Waals surface area (Å²) in [6.07, 6.45) is 0.879. The minimum Gasteiger partial charge on any atom is -0.383 e. The highest BCUT2D eigenvalue weighted by atomic mass is 16.2. The van der Waals surface area contributed by atoms with E-state index in [4.69, 9.17) is 5.73 Å². The van der Waals surface area contributed by atoms with Crippen LogP contribution in [0.5, 0.6) is 0 Å². The van der Waals surface area contributed by atoms with Gasteiger partial charge in [-0.1, -0.05) is 31.5 Å². The first-order valence-electron chi connectivity index (χ1n) is 9.61. The number of benzene rings is 1. The third-order valence-corrected chi connectivity index (χ3v) is 6.02. The molecule has 0 radical (unpaired) electrons.